The molecule has 0 spiro atoms. The second kappa shape index (κ2) is 14.0. The molecule has 0 bridgehead atoms. The van der Waals surface area contributed by atoms with E-state index in [0.29, 0.717) is 10.6 Å². The Balaban J connectivity index is 0.000000277. The maximum atomic E-state index is 11.0. The number of hydrogen-bond acceptors (Lipinski definition) is 6. The summed E-state index contributed by atoms with van der Waals surface area (Å²) >= 11 is 9.81. The van der Waals surface area contributed by atoms with Crippen molar-refractivity contribution in [1.29, 1.82) is 5.26 Å². The summed E-state index contributed by atoms with van der Waals surface area (Å²) in [5.41, 5.74) is 2.88. The fourth-order valence-corrected chi connectivity index (χ4v) is 4.31. The molecule has 0 radical (unpaired) electrons. The van der Waals surface area contributed by atoms with Gasteiger partial charge in [0, 0.05) is 29.5 Å². The smallest absolute Gasteiger partial charge is 0.175 e. The minimum atomic E-state index is -3.19. The molecule has 2 heterocycles. The summed E-state index contributed by atoms with van der Waals surface area (Å²) in [5.74, 6) is 0.916. The topological polar surface area (TPSA) is 100 Å². The van der Waals surface area contributed by atoms with Gasteiger partial charge in [-0.25, -0.2) is 13.4 Å². The molecule has 4 rings (SSSR count). The SMILES string of the molecule is CC.CCCCNc1cc(-c2ccccc2Cl)nc2c(Br)cnn12.CS(=O)(=O)c1cccc(C#N)c1. The molecule has 0 aliphatic carbocycles. The lowest BCUT2D eigenvalue weighted by Crippen LogP contribution is -2.08. The predicted octanol–water partition coefficient (Wildman–Crippen LogP) is 7.01. The van der Waals surface area contributed by atoms with Crippen LogP contribution in [0.2, 0.25) is 5.02 Å². The van der Waals surface area contributed by atoms with Crippen LogP contribution in [0.1, 0.15) is 39.2 Å². The first-order chi connectivity index (χ1) is 17.2. The Morgan fingerprint density at radius 3 is 2.50 bits per heavy atom. The Bertz CT molecular complexity index is 1450. The predicted molar refractivity (Wildman–Crippen MR) is 150 cm³/mol. The van der Waals surface area contributed by atoms with Crippen LogP contribution < -0.4 is 5.32 Å². The van der Waals surface area contributed by atoms with Crippen molar-refractivity contribution in [3.63, 3.8) is 0 Å². The number of rotatable bonds is 6. The fourth-order valence-electron chi connectivity index (χ4n) is 3.06. The Hall–Kier alpha value is -2.93. The van der Waals surface area contributed by atoms with Crippen LogP contribution in [-0.4, -0.2) is 35.8 Å². The maximum Gasteiger partial charge on any atom is 0.175 e. The van der Waals surface area contributed by atoms with Crippen molar-refractivity contribution in [2.75, 3.05) is 18.1 Å². The molecule has 0 unspecified atom stereocenters. The van der Waals surface area contributed by atoms with Crippen LogP contribution in [0, 0.1) is 11.3 Å². The molecule has 0 saturated carbocycles. The zero-order chi connectivity index (χ0) is 26.7. The van der Waals surface area contributed by atoms with Crippen LogP contribution in [0.5, 0.6) is 0 Å². The Labute approximate surface area is 226 Å². The minimum Gasteiger partial charge on any atom is -0.370 e. The summed E-state index contributed by atoms with van der Waals surface area (Å²) in [6, 6.07) is 17.5. The number of nitrogens with one attached hydrogen (secondary N) is 1. The highest BCUT2D eigenvalue weighted by Crippen LogP contribution is 2.30. The van der Waals surface area contributed by atoms with Crippen molar-refractivity contribution in [3.05, 3.63) is 75.9 Å². The molecule has 0 amide bonds. The number of anilines is 1. The average Bonchev–Trinajstić information content (AvgIpc) is 3.26. The van der Waals surface area contributed by atoms with Crippen molar-refractivity contribution >= 4 is 48.8 Å². The quantitative estimate of drug-likeness (QED) is 0.242. The molecule has 0 saturated heterocycles. The average molecular weight is 591 g/mol. The molecule has 2 aromatic carbocycles. The van der Waals surface area contributed by atoms with Gasteiger partial charge in [-0.05, 0) is 46.6 Å². The lowest BCUT2D eigenvalue weighted by atomic mass is 10.1. The molecule has 0 aliphatic rings. The van der Waals surface area contributed by atoms with Gasteiger partial charge in [0.25, 0.3) is 0 Å². The Morgan fingerprint density at radius 2 is 1.86 bits per heavy atom. The summed E-state index contributed by atoms with van der Waals surface area (Å²) in [4.78, 5) is 4.87. The van der Waals surface area contributed by atoms with E-state index in [0.717, 1.165) is 52.8 Å². The van der Waals surface area contributed by atoms with Crippen molar-refractivity contribution in [2.45, 2.75) is 38.5 Å². The fraction of sp³-hybridized carbons (Fsp3) is 0.269. The van der Waals surface area contributed by atoms with Crippen LogP contribution >= 0.6 is 27.5 Å². The van der Waals surface area contributed by atoms with E-state index >= 15 is 0 Å². The number of nitrogens with zero attached hydrogens (tertiary/aromatic N) is 4. The number of benzene rings is 2. The first-order valence-corrected chi connectivity index (χ1v) is 14.5. The van der Waals surface area contributed by atoms with Crippen molar-refractivity contribution in [3.8, 4) is 17.3 Å². The van der Waals surface area contributed by atoms with Crippen molar-refractivity contribution in [2.24, 2.45) is 0 Å². The van der Waals surface area contributed by atoms with Gasteiger partial charge in [-0.15, -0.1) is 0 Å². The monoisotopic (exact) mass is 589 g/mol. The molecular weight excluding hydrogens is 562 g/mol. The van der Waals surface area contributed by atoms with Crippen LogP contribution in [0.25, 0.3) is 16.9 Å². The highest BCUT2D eigenvalue weighted by Gasteiger charge is 2.13. The molecule has 36 heavy (non-hydrogen) atoms. The molecule has 1 N–H and O–H groups in total. The Morgan fingerprint density at radius 1 is 1.14 bits per heavy atom. The van der Waals surface area contributed by atoms with Gasteiger partial charge in [0.2, 0.25) is 0 Å². The molecule has 7 nitrogen and oxygen atoms in total. The van der Waals surface area contributed by atoms with Crippen LogP contribution in [0.15, 0.2) is 70.2 Å². The molecule has 2 aromatic heterocycles. The van der Waals surface area contributed by atoms with E-state index < -0.39 is 9.84 Å². The lowest BCUT2D eigenvalue weighted by molar-refractivity contribution is 0.602. The van der Waals surface area contributed by atoms with Crippen molar-refractivity contribution in [1.82, 2.24) is 14.6 Å². The standard InChI is InChI=1S/C16H16BrClN4.C8H7NO2S.C2H6/c1-2-3-8-19-15-9-14(11-6-4-5-7-13(11)18)21-16-12(17)10-20-22(15)16;1-12(10,11)8-4-2-3-7(5-8)6-9;1-2/h4-7,9-10,19H,2-3,8H2,1H3;2-5H,1H3;1-2H3. The second-order valence-electron chi connectivity index (χ2n) is 7.43. The van der Waals surface area contributed by atoms with Crippen LogP contribution in [0.3, 0.4) is 0 Å². The van der Waals surface area contributed by atoms with Gasteiger partial charge in [0.15, 0.2) is 15.5 Å². The first kappa shape index (κ1) is 29.3. The summed E-state index contributed by atoms with van der Waals surface area (Å²) in [7, 11) is -3.19. The normalized spacial score (nSPS) is 10.5. The minimum absolute atomic E-state index is 0.182. The van der Waals surface area contributed by atoms with Gasteiger partial charge in [0.1, 0.15) is 5.82 Å². The zero-order valence-electron chi connectivity index (χ0n) is 20.7. The number of fused-ring (bicyclic) bond motifs is 1. The number of halogens is 2. The summed E-state index contributed by atoms with van der Waals surface area (Å²) in [6.45, 7) is 7.07. The van der Waals surface area contributed by atoms with Crippen molar-refractivity contribution < 1.29 is 8.42 Å². The van der Waals surface area contributed by atoms with E-state index in [1.807, 2.05) is 50.2 Å². The summed E-state index contributed by atoms with van der Waals surface area (Å²) < 4.78 is 24.6. The van der Waals surface area contributed by atoms with E-state index in [1.165, 1.54) is 12.1 Å². The number of hydrogen-bond donors (Lipinski definition) is 1. The summed E-state index contributed by atoms with van der Waals surface area (Å²) in [5, 5.41) is 17.0. The first-order valence-electron chi connectivity index (χ1n) is 11.5. The van der Waals surface area contributed by atoms with Gasteiger partial charge in [-0.2, -0.15) is 14.9 Å². The highest BCUT2D eigenvalue weighted by atomic mass is 79.9. The van der Waals surface area contributed by atoms with Gasteiger partial charge < -0.3 is 5.32 Å². The van der Waals surface area contributed by atoms with Gasteiger partial charge >= 0.3 is 0 Å². The molecule has 0 atom stereocenters. The largest absolute Gasteiger partial charge is 0.370 e. The Kier molecular flexibility index (Phi) is 11.4. The van der Waals surface area contributed by atoms with E-state index in [1.54, 1.807) is 22.8 Å². The number of unbranched alkanes of at least 4 members (excludes halogenated alkanes) is 1. The summed E-state index contributed by atoms with van der Waals surface area (Å²) in [6.07, 6.45) is 5.11. The van der Waals surface area contributed by atoms with E-state index in [2.05, 4.69) is 38.3 Å². The number of nitriles is 1. The van der Waals surface area contributed by atoms with Gasteiger partial charge in [0.05, 0.1) is 32.9 Å². The van der Waals surface area contributed by atoms with Gasteiger partial charge in [-0.3, -0.25) is 0 Å². The van der Waals surface area contributed by atoms with Gasteiger partial charge in [-0.1, -0.05) is 63.1 Å². The molecule has 4 aromatic rings. The van der Waals surface area contributed by atoms with Crippen LogP contribution in [-0.2, 0) is 9.84 Å². The van der Waals surface area contributed by atoms with Crippen LogP contribution in [0.4, 0.5) is 5.82 Å². The highest BCUT2D eigenvalue weighted by molar-refractivity contribution is 9.10. The third-order valence-electron chi connectivity index (χ3n) is 4.81. The number of aromatic nitrogens is 3. The molecule has 10 heteroatoms. The molecule has 0 aliphatic heterocycles. The molecular formula is C26H29BrClN5O2S. The van der Waals surface area contributed by atoms with E-state index in [-0.39, 0.29) is 4.90 Å². The number of sulfone groups is 1. The second-order valence-corrected chi connectivity index (χ2v) is 10.7. The third kappa shape index (κ3) is 7.79. The molecule has 0 fully saturated rings. The maximum absolute atomic E-state index is 11.0. The molecule has 190 valence electrons. The lowest BCUT2D eigenvalue weighted by Gasteiger charge is -2.11. The van der Waals surface area contributed by atoms with E-state index in [4.69, 9.17) is 16.9 Å². The van der Waals surface area contributed by atoms with E-state index in [9.17, 15) is 8.42 Å². The zero-order valence-corrected chi connectivity index (χ0v) is 23.8. The third-order valence-corrected chi connectivity index (χ3v) is 6.81.